The van der Waals surface area contributed by atoms with Crippen LogP contribution in [0.3, 0.4) is 0 Å². The van der Waals surface area contributed by atoms with Crippen LogP contribution in [0.5, 0.6) is 0 Å². The maximum absolute atomic E-state index is 11.8. The van der Waals surface area contributed by atoms with Gasteiger partial charge in [-0.05, 0) is 36.4 Å². The molecule has 2 rings (SSSR count). The zero-order valence-electron chi connectivity index (χ0n) is 13.8. The second-order valence-electron chi connectivity index (χ2n) is 5.24. The number of esters is 1. The van der Waals surface area contributed by atoms with Crippen molar-refractivity contribution >= 4 is 27.6 Å². The van der Waals surface area contributed by atoms with E-state index in [-0.39, 0.29) is 10.5 Å². The van der Waals surface area contributed by atoms with Crippen molar-refractivity contribution in [1.29, 1.82) is 0 Å². The van der Waals surface area contributed by atoms with Crippen molar-refractivity contribution in [3.05, 3.63) is 65.7 Å². The number of carbonyl (C=O) groups is 3. The first-order valence-electron chi connectivity index (χ1n) is 7.39. The van der Waals surface area contributed by atoms with Crippen LogP contribution in [-0.4, -0.2) is 39.1 Å². The molecule has 0 aliphatic rings. The van der Waals surface area contributed by atoms with Gasteiger partial charge in [0.05, 0.1) is 10.5 Å². The molecule has 0 saturated carbocycles. The predicted molar refractivity (Wildman–Crippen MR) is 91.9 cm³/mol. The van der Waals surface area contributed by atoms with Gasteiger partial charge in [-0.25, -0.2) is 13.2 Å². The summed E-state index contributed by atoms with van der Waals surface area (Å²) in [6.07, 6.45) is 1.05. The standard InChI is InChI=1S/C17H16N2O6S/c1-26(23,24)14-9-7-13(8-10-14)17(22)25-11-15(20)18-19-16(21)12-5-3-2-4-6-12/h2-10H,11H2,1H3,(H,18,20)(H,19,21). The highest BCUT2D eigenvalue weighted by Crippen LogP contribution is 2.11. The number of ether oxygens (including phenoxy) is 1. The lowest BCUT2D eigenvalue weighted by atomic mass is 10.2. The number of sulfone groups is 1. The second kappa shape index (κ2) is 8.26. The van der Waals surface area contributed by atoms with Crippen molar-refractivity contribution in [2.24, 2.45) is 0 Å². The third-order valence-electron chi connectivity index (χ3n) is 3.20. The molecule has 8 nitrogen and oxygen atoms in total. The molecule has 0 radical (unpaired) electrons. The molecular weight excluding hydrogens is 360 g/mol. The minimum Gasteiger partial charge on any atom is -0.452 e. The van der Waals surface area contributed by atoms with Crippen LogP contribution >= 0.6 is 0 Å². The highest BCUT2D eigenvalue weighted by atomic mass is 32.2. The normalized spacial score (nSPS) is 10.7. The van der Waals surface area contributed by atoms with Crippen molar-refractivity contribution in [3.8, 4) is 0 Å². The maximum atomic E-state index is 11.8. The number of nitrogens with one attached hydrogen (secondary N) is 2. The summed E-state index contributed by atoms with van der Waals surface area (Å²) < 4.78 is 27.5. The number of rotatable bonds is 5. The molecule has 26 heavy (non-hydrogen) atoms. The number of benzene rings is 2. The molecule has 136 valence electrons. The SMILES string of the molecule is CS(=O)(=O)c1ccc(C(=O)OCC(=O)NNC(=O)c2ccccc2)cc1. The lowest BCUT2D eigenvalue weighted by molar-refractivity contribution is -0.125. The Morgan fingerprint density at radius 2 is 1.50 bits per heavy atom. The Hall–Kier alpha value is -3.20. The zero-order valence-corrected chi connectivity index (χ0v) is 14.6. The van der Waals surface area contributed by atoms with Gasteiger partial charge in [0.25, 0.3) is 11.8 Å². The van der Waals surface area contributed by atoms with Crippen LogP contribution in [0, 0.1) is 0 Å². The number of hydrazine groups is 1. The smallest absolute Gasteiger partial charge is 0.338 e. The summed E-state index contributed by atoms with van der Waals surface area (Å²) >= 11 is 0. The Morgan fingerprint density at radius 3 is 2.08 bits per heavy atom. The van der Waals surface area contributed by atoms with Crippen LogP contribution in [-0.2, 0) is 19.4 Å². The van der Waals surface area contributed by atoms with Crippen LogP contribution in [0.4, 0.5) is 0 Å². The summed E-state index contributed by atoms with van der Waals surface area (Å²) in [6.45, 7) is -0.609. The van der Waals surface area contributed by atoms with E-state index in [2.05, 4.69) is 10.9 Å². The van der Waals surface area contributed by atoms with E-state index in [9.17, 15) is 22.8 Å². The van der Waals surface area contributed by atoms with Gasteiger partial charge in [0.15, 0.2) is 16.4 Å². The predicted octanol–water partition coefficient (Wildman–Crippen LogP) is 0.708. The third kappa shape index (κ3) is 5.42. The summed E-state index contributed by atoms with van der Waals surface area (Å²) in [5.74, 6) is -2.04. The Labute approximate surface area is 150 Å². The van der Waals surface area contributed by atoms with Gasteiger partial charge in [-0.2, -0.15) is 0 Å². The summed E-state index contributed by atoms with van der Waals surface area (Å²) in [4.78, 5) is 35.3. The summed E-state index contributed by atoms with van der Waals surface area (Å²) in [6, 6.07) is 13.3. The van der Waals surface area contributed by atoms with Crippen molar-refractivity contribution < 1.29 is 27.5 Å². The van der Waals surface area contributed by atoms with Crippen LogP contribution < -0.4 is 10.9 Å². The first kappa shape index (κ1) is 19.1. The van der Waals surface area contributed by atoms with Crippen molar-refractivity contribution in [2.45, 2.75) is 4.90 Å². The van der Waals surface area contributed by atoms with Crippen LogP contribution in [0.15, 0.2) is 59.5 Å². The largest absolute Gasteiger partial charge is 0.452 e. The topological polar surface area (TPSA) is 119 Å². The summed E-state index contributed by atoms with van der Waals surface area (Å²) in [5.41, 5.74) is 4.76. The van der Waals surface area contributed by atoms with E-state index in [1.54, 1.807) is 30.3 Å². The minimum atomic E-state index is -3.37. The Bertz CT molecular complexity index is 908. The van der Waals surface area contributed by atoms with Gasteiger partial charge in [-0.15, -0.1) is 0 Å². The van der Waals surface area contributed by atoms with Gasteiger partial charge >= 0.3 is 5.97 Å². The van der Waals surface area contributed by atoms with Gasteiger partial charge in [0, 0.05) is 11.8 Å². The van der Waals surface area contributed by atoms with E-state index in [1.165, 1.54) is 24.3 Å². The molecule has 0 aromatic heterocycles. The van der Waals surface area contributed by atoms with Gasteiger partial charge in [-0.1, -0.05) is 18.2 Å². The average Bonchev–Trinajstić information content (AvgIpc) is 2.64. The number of carbonyl (C=O) groups excluding carboxylic acids is 3. The lowest BCUT2D eigenvalue weighted by Crippen LogP contribution is -2.43. The van der Waals surface area contributed by atoms with E-state index in [4.69, 9.17) is 4.74 Å². The van der Waals surface area contributed by atoms with E-state index in [0.29, 0.717) is 5.56 Å². The van der Waals surface area contributed by atoms with Gasteiger partial charge in [0.1, 0.15) is 0 Å². The van der Waals surface area contributed by atoms with Crippen LogP contribution in [0.25, 0.3) is 0 Å². The van der Waals surface area contributed by atoms with E-state index in [1.807, 2.05) is 0 Å². The molecule has 2 amide bonds. The molecular formula is C17H16N2O6S. The number of amides is 2. The van der Waals surface area contributed by atoms with Crippen LogP contribution in [0.1, 0.15) is 20.7 Å². The fourth-order valence-electron chi connectivity index (χ4n) is 1.88. The highest BCUT2D eigenvalue weighted by molar-refractivity contribution is 7.90. The zero-order chi connectivity index (χ0) is 19.2. The molecule has 2 aromatic rings. The molecule has 0 bridgehead atoms. The Morgan fingerprint density at radius 1 is 0.885 bits per heavy atom. The molecule has 0 spiro atoms. The number of hydrogen-bond acceptors (Lipinski definition) is 6. The van der Waals surface area contributed by atoms with E-state index >= 15 is 0 Å². The molecule has 9 heteroatoms. The van der Waals surface area contributed by atoms with Crippen molar-refractivity contribution in [2.75, 3.05) is 12.9 Å². The molecule has 0 heterocycles. The van der Waals surface area contributed by atoms with Crippen molar-refractivity contribution in [3.63, 3.8) is 0 Å². The van der Waals surface area contributed by atoms with Crippen LogP contribution in [0.2, 0.25) is 0 Å². The third-order valence-corrected chi connectivity index (χ3v) is 4.33. The lowest BCUT2D eigenvalue weighted by Gasteiger charge is -2.08. The maximum Gasteiger partial charge on any atom is 0.338 e. The van der Waals surface area contributed by atoms with Gasteiger partial charge in [-0.3, -0.25) is 20.4 Å². The monoisotopic (exact) mass is 376 g/mol. The molecule has 0 atom stereocenters. The first-order valence-corrected chi connectivity index (χ1v) is 9.28. The van der Waals surface area contributed by atoms with Gasteiger partial charge < -0.3 is 4.74 Å². The highest BCUT2D eigenvalue weighted by Gasteiger charge is 2.13. The molecule has 0 aliphatic heterocycles. The Balaban J connectivity index is 1.81. The Kier molecular flexibility index (Phi) is 6.07. The molecule has 0 saturated heterocycles. The fraction of sp³-hybridized carbons (Fsp3) is 0.118. The summed E-state index contributed by atoms with van der Waals surface area (Å²) in [5, 5.41) is 0. The molecule has 2 aromatic carbocycles. The van der Waals surface area contributed by atoms with Gasteiger partial charge in [0.2, 0.25) is 0 Å². The molecule has 0 fully saturated rings. The quantitative estimate of drug-likeness (QED) is 0.586. The summed E-state index contributed by atoms with van der Waals surface area (Å²) in [7, 11) is -3.37. The van der Waals surface area contributed by atoms with E-state index in [0.717, 1.165) is 6.26 Å². The second-order valence-corrected chi connectivity index (χ2v) is 7.26. The molecule has 2 N–H and O–H groups in total. The number of hydrogen-bond donors (Lipinski definition) is 2. The molecule has 0 unspecified atom stereocenters. The molecule has 0 aliphatic carbocycles. The van der Waals surface area contributed by atoms with Crippen molar-refractivity contribution in [1.82, 2.24) is 10.9 Å². The first-order chi connectivity index (χ1) is 12.3. The van der Waals surface area contributed by atoms with E-state index < -0.39 is 34.2 Å². The minimum absolute atomic E-state index is 0.0652. The fourth-order valence-corrected chi connectivity index (χ4v) is 2.51. The average molecular weight is 376 g/mol.